The molecule has 0 bridgehead atoms. The number of halogens is 4. The number of nitrogens with zero attached hydrogens (tertiary/aromatic N) is 1. The zero-order valence-corrected chi connectivity index (χ0v) is 17.8. The molecule has 0 aliphatic carbocycles. The number of benzene rings is 1. The van der Waals surface area contributed by atoms with Gasteiger partial charge in [0.1, 0.15) is 23.0 Å². The van der Waals surface area contributed by atoms with E-state index in [9.17, 15) is 0 Å². The van der Waals surface area contributed by atoms with Crippen LogP contribution in [0.5, 0.6) is 11.5 Å². The first-order chi connectivity index (χ1) is 12.4. The molecule has 0 radical (unpaired) electrons. The second-order valence-corrected chi connectivity index (χ2v) is 7.30. The lowest BCUT2D eigenvalue weighted by atomic mass is 10.2. The first-order valence-electron chi connectivity index (χ1n) is 8.37. The Bertz CT molecular complexity index is 581. The lowest BCUT2D eigenvalue weighted by Crippen LogP contribution is -2.01. The molecule has 1 aromatic carbocycles. The summed E-state index contributed by atoms with van der Waals surface area (Å²) in [5.41, 5.74) is 0. The molecule has 0 fully saturated rings. The third kappa shape index (κ3) is 9.77. The molecule has 1 unspecified atom stereocenters. The number of unbranched alkanes of at least 4 members (excludes halogenated alkanes) is 2. The minimum atomic E-state index is 0.138. The minimum absolute atomic E-state index is 0.138. The Kier molecular flexibility index (Phi) is 11.9. The Morgan fingerprint density at radius 2 is 1.85 bits per heavy atom. The van der Waals surface area contributed by atoms with Gasteiger partial charge in [-0.15, -0.1) is 0 Å². The summed E-state index contributed by atoms with van der Waals surface area (Å²) < 4.78 is 11.3. The molecule has 4 nitrogen and oxygen atoms in total. The number of rotatable bonds is 12. The van der Waals surface area contributed by atoms with Gasteiger partial charge in [-0.25, -0.2) is 0 Å². The van der Waals surface area contributed by atoms with Crippen LogP contribution in [-0.4, -0.2) is 25.5 Å². The zero-order valence-electron chi connectivity index (χ0n) is 14.8. The largest absolute Gasteiger partial charge is 0.490 e. The monoisotopic (exact) mass is 441 g/mol. The summed E-state index contributed by atoms with van der Waals surface area (Å²) in [7, 11) is 0. The highest BCUT2D eigenvalue weighted by Gasteiger charge is 2.10. The van der Waals surface area contributed by atoms with Gasteiger partial charge in [0.05, 0.1) is 16.7 Å². The van der Waals surface area contributed by atoms with Crippen LogP contribution in [-0.2, 0) is 4.84 Å². The van der Waals surface area contributed by atoms with Crippen LogP contribution >= 0.6 is 46.4 Å². The van der Waals surface area contributed by atoms with Crippen LogP contribution < -0.4 is 9.47 Å². The second-order valence-electron chi connectivity index (χ2n) is 5.48. The fourth-order valence-electron chi connectivity index (χ4n) is 1.74. The lowest BCUT2D eigenvalue weighted by Gasteiger charge is -2.12. The van der Waals surface area contributed by atoms with Crippen molar-refractivity contribution in [3.8, 4) is 11.5 Å². The molecule has 0 saturated carbocycles. The maximum atomic E-state index is 6.21. The van der Waals surface area contributed by atoms with E-state index in [-0.39, 0.29) is 17.2 Å². The van der Waals surface area contributed by atoms with Gasteiger partial charge in [-0.2, -0.15) is 0 Å². The summed E-state index contributed by atoms with van der Waals surface area (Å²) in [6, 6.07) is 3.27. The molecular weight excluding hydrogens is 420 g/mol. The predicted molar refractivity (Wildman–Crippen MR) is 110 cm³/mol. The van der Waals surface area contributed by atoms with E-state index in [4.69, 9.17) is 60.7 Å². The molecular formula is C18H23Cl4NO3. The molecule has 26 heavy (non-hydrogen) atoms. The van der Waals surface area contributed by atoms with Crippen molar-refractivity contribution in [2.45, 2.75) is 45.6 Å². The number of hydrogen-bond donors (Lipinski definition) is 0. The van der Waals surface area contributed by atoms with Crippen molar-refractivity contribution in [2.75, 3.05) is 13.2 Å². The average molecular weight is 443 g/mol. The predicted octanol–water partition coefficient (Wildman–Crippen LogP) is 7.04. The first-order valence-corrected chi connectivity index (χ1v) is 9.88. The average Bonchev–Trinajstić information content (AvgIpc) is 2.58. The lowest BCUT2D eigenvalue weighted by molar-refractivity contribution is 0.0706. The maximum Gasteiger partial charge on any atom is 0.156 e. The molecule has 146 valence electrons. The molecule has 0 aliphatic rings. The van der Waals surface area contributed by atoms with Crippen molar-refractivity contribution >= 4 is 52.6 Å². The van der Waals surface area contributed by atoms with Gasteiger partial charge >= 0.3 is 0 Å². The molecule has 0 aromatic heterocycles. The summed E-state index contributed by atoms with van der Waals surface area (Å²) in [5, 5.41) is 4.70. The Morgan fingerprint density at radius 3 is 2.46 bits per heavy atom. The molecule has 0 N–H and O–H groups in total. The van der Waals surface area contributed by atoms with Crippen molar-refractivity contribution in [3.63, 3.8) is 0 Å². The molecule has 8 heteroatoms. The van der Waals surface area contributed by atoms with Gasteiger partial charge in [0.2, 0.25) is 0 Å². The Morgan fingerprint density at radius 1 is 1.15 bits per heavy atom. The SMILES string of the molecule is CCC(C)O/N=C/CCCCOc1c(Cl)cc(OCC=C(Cl)Cl)cc1Cl. The van der Waals surface area contributed by atoms with E-state index in [0.717, 1.165) is 25.7 Å². The minimum Gasteiger partial charge on any atom is -0.490 e. The Balaban J connectivity index is 2.35. The van der Waals surface area contributed by atoms with Gasteiger partial charge in [0, 0.05) is 18.3 Å². The van der Waals surface area contributed by atoms with Crippen molar-refractivity contribution in [1.82, 2.24) is 0 Å². The van der Waals surface area contributed by atoms with Crippen LogP contribution in [0, 0.1) is 0 Å². The van der Waals surface area contributed by atoms with Crippen molar-refractivity contribution in [3.05, 3.63) is 32.7 Å². The van der Waals surface area contributed by atoms with E-state index >= 15 is 0 Å². The van der Waals surface area contributed by atoms with E-state index < -0.39 is 0 Å². The summed E-state index contributed by atoms with van der Waals surface area (Å²) in [4.78, 5) is 5.22. The Hall–Kier alpha value is -0.810. The topological polar surface area (TPSA) is 40.0 Å². The third-order valence-corrected chi connectivity index (χ3v) is 4.19. The van der Waals surface area contributed by atoms with Crippen molar-refractivity contribution in [2.24, 2.45) is 5.16 Å². The van der Waals surface area contributed by atoms with E-state index in [1.54, 1.807) is 18.3 Å². The summed E-state index contributed by atoms with van der Waals surface area (Å²) >= 11 is 23.5. The highest BCUT2D eigenvalue weighted by Crippen LogP contribution is 2.37. The number of hydrogen-bond acceptors (Lipinski definition) is 4. The highest BCUT2D eigenvalue weighted by molar-refractivity contribution is 6.55. The summed E-state index contributed by atoms with van der Waals surface area (Å²) in [6.45, 7) is 4.76. The molecule has 0 saturated heterocycles. The van der Waals surface area contributed by atoms with E-state index in [1.165, 1.54) is 6.08 Å². The molecule has 0 amide bonds. The van der Waals surface area contributed by atoms with Gasteiger partial charge < -0.3 is 14.3 Å². The van der Waals surface area contributed by atoms with Crippen LogP contribution in [0.3, 0.4) is 0 Å². The fourth-order valence-corrected chi connectivity index (χ4v) is 2.45. The molecule has 0 spiro atoms. The van der Waals surface area contributed by atoms with Crippen LogP contribution in [0.2, 0.25) is 10.0 Å². The molecule has 1 atom stereocenters. The van der Waals surface area contributed by atoms with Crippen molar-refractivity contribution < 1.29 is 14.3 Å². The Labute approximate surface area is 175 Å². The van der Waals surface area contributed by atoms with Crippen LogP contribution in [0.1, 0.15) is 39.5 Å². The van der Waals surface area contributed by atoms with E-state index in [0.29, 0.717) is 28.2 Å². The zero-order chi connectivity index (χ0) is 19.4. The molecule has 1 rings (SSSR count). The second kappa shape index (κ2) is 13.4. The third-order valence-electron chi connectivity index (χ3n) is 3.32. The summed E-state index contributed by atoms with van der Waals surface area (Å²) in [6.07, 6.45) is 6.98. The quantitative estimate of drug-likeness (QED) is 0.198. The maximum absolute atomic E-state index is 6.21. The van der Waals surface area contributed by atoms with Crippen LogP contribution in [0.4, 0.5) is 0 Å². The van der Waals surface area contributed by atoms with Crippen LogP contribution in [0.15, 0.2) is 27.9 Å². The van der Waals surface area contributed by atoms with Gasteiger partial charge in [0.25, 0.3) is 0 Å². The summed E-state index contributed by atoms with van der Waals surface area (Å²) in [5.74, 6) is 0.955. The van der Waals surface area contributed by atoms with Gasteiger partial charge in [-0.05, 0) is 38.7 Å². The smallest absolute Gasteiger partial charge is 0.156 e. The standard InChI is InChI=1S/C18H23Cl4NO3/c1-3-13(2)26-23-8-5-4-6-9-25-18-15(19)11-14(12-16(18)20)24-10-7-17(21)22/h7-8,11-13H,3-6,9-10H2,1-2H3/b23-8+. The highest BCUT2D eigenvalue weighted by atomic mass is 35.5. The fraction of sp³-hybridized carbons (Fsp3) is 0.500. The van der Waals surface area contributed by atoms with Gasteiger partial charge in [0.15, 0.2) is 5.75 Å². The normalized spacial score (nSPS) is 12.1. The van der Waals surface area contributed by atoms with Gasteiger partial charge in [-0.1, -0.05) is 58.5 Å². The molecule has 0 aliphatic heterocycles. The van der Waals surface area contributed by atoms with Gasteiger partial charge in [-0.3, -0.25) is 0 Å². The van der Waals surface area contributed by atoms with Crippen molar-refractivity contribution in [1.29, 1.82) is 0 Å². The molecule has 1 aromatic rings. The molecule has 0 heterocycles. The first kappa shape index (κ1) is 23.2. The van der Waals surface area contributed by atoms with E-state index in [2.05, 4.69) is 12.1 Å². The number of ether oxygens (including phenoxy) is 2. The number of oxime groups is 1. The van der Waals surface area contributed by atoms with E-state index in [1.807, 2.05) is 6.92 Å². The van der Waals surface area contributed by atoms with Crippen LogP contribution in [0.25, 0.3) is 0 Å².